The summed E-state index contributed by atoms with van der Waals surface area (Å²) in [7, 11) is 0. The molecule has 0 aliphatic rings. The van der Waals surface area contributed by atoms with E-state index in [1.54, 1.807) is 6.92 Å². The summed E-state index contributed by atoms with van der Waals surface area (Å²) in [6.45, 7) is 1.73. The summed E-state index contributed by atoms with van der Waals surface area (Å²) >= 11 is 0. The maximum absolute atomic E-state index is 9.12. The molecule has 0 radical (unpaired) electrons. The fourth-order valence-corrected chi connectivity index (χ4v) is 1.53. The first-order valence-corrected chi connectivity index (χ1v) is 6.24. The van der Waals surface area contributed by atoms with Crippen molar-refractivity contribution >= 4 is 0 Å². The predicted octanol–water partition coefficient (Wildman–Crippen LogP) is 3.60. The Morgan fingerprint density at radius 3 is 2.26 bits per heavy atom. The van der Waals surface area contributed by atoms with E-state index in [-0.39, 0.29) is 6.10 Å². The number of rotatable bonds is 3. The van der Waals surface area contributed by atoms with Gasteiger partial charge in [-0.25, -0.2) is 0 Å². The van der Waals surface area contributed by atoms with Crippen molar-refractivity contribution in [2.45, 2.75) is 19.4 Å². The molecule has 2 nitrogen and oxygen atoms in total. The van der Waals surface area contributed by atoms with Gasteiger partial charge in [-0.1, -0.05) is 30.0 Å². The van der Waals surface area contributed by atoms with Gasteiger partial charge in [-0.2, -0.15) is 0 Å². The Balaban J connectivity index is 2.00. The molecule has 0 aromatic heterocycles. The average Bonchev–Trinajstić information content (AvgIpc) is 2.42. The fraction of sp³-hybridized carbons (Fsp3) is 0.176. The van der Waals surface area contributed by atoms with Crippen LogP contribution in [0.2, 0.25) is 0 Å². The molecular weight excluding hydrogens is 236 g/mol. The average molecular weight is 252 g/mol. The highest BCUT2D eigenvalue weighted by Gasteiger charge is 1.96. The van der Waals surface area contributed by atoms with Crippen molar-refractivity contribution in [3.05, 3.63) is 60.2 Å². The van der Waals surface area contributed by atoms with Gasteiger partial charge < -0.3 is 9.84 Å². The largest absolute Gasteiger partial charge is 0.457 e. The molecule has 0 bridgehead atoms. The van der Waals surface area contributed by atoms with Gasteiger partial charge in [0, 0.05) is 12.0 Å². The minimum atomic E-state index is -0.381. The maximum Gasteiger partial charge on any atom is 0.127 e. The summed E-state index contributed by atoms with van der Waals surface area (Å²) in [5, 5.41) is 9.12. The van der Waals surface area contributed by atoms with Crippen LogP contribution in [0, 0.1) is 11.8 Å². The number of ether oxygens (including phenoxy) is 1. The number of aliphatic hydroxyl groups excluding tert-OH is 1. The molecule has 19 heavy (non-hydrogen) atoms. The zero-order valence-corrected chi connectivity index (χ0v) is 10.8. The summed E-state index contributed by atoms with van der Waals surface area (Å²) in [4.78, 5) is 0. The summed E-state index contributed by atoms with van der Waals surface area (Å²) < 4.78 is 5.69. The Morgan fingerprint density at radius 1 is 1.00 bits per heavy atom. The molecule has 0 amide bonds. The molecule has 2 rings (SSSR count). The molecule has 2 aromatic rings. The van der Waals surface area contributed by atoms with Crippen LogP contribution in [0.5, 0.6) is 11.5 Å². The Kier molecular flexibility index (Phi) is 4.60. The number of benzene rings is 2. The molecule has 0 saturated heterocycles. The van der Waals surface area contributed by atoms with Crippen LogP contribution in [0.3, 0.4) is 0 Å². The Bertz CT molecular complexity index is 560. The van der Waals surface area contributed by atoms with E-state index < -0.39 is 0 Å². The van der Waals surface area contributed by atoms with E-state index in [4.69, 9.17) is 9.84 Å². The molecule has 1 N–H and O–H groups in total. The van der Waals surface area contributed by atoms with Gasteiger partial charge in [0.1, 0.15) is 11.5 Å². The standard InChI is InChI=1S/C17H16O2/c1-14(18)6-5-7-15-10-12-17(13-11-15)19-16-8-3-2-4-9-16/h2-4,8-14,18H,6H2,1H3. The molecule has 0 spiro atoms. The minimum absolute atomic E-state index is 0.381. The van der Waals surface area contributed by atoms with Crippen LogP contribution in [-0.2, 0) is 0 Å². The minimum Gasteiger partial charge on any atom is -0.457 e. The second kappa shape index (κ2) is 6.63. The highest BCUT2D eigenvalue weighted by Crippen LogP contribution is 2.20. The van der Waals surface area contributed by atoms with Gasteiger partial charge in [-0.05, 0) is 43.3 Å². The third kappa shape index (κ3) is 4.50. The van der Waals surface area contributed by atoms with E-state index in [1.165, 1.54) is 0 Å². The third-order valence-electron chi connectivity index (χ3n) is 2.46. The topological polar surface area (TPSA) is 29.5 Å². The summed E-state index contributed by atoms with van der Waals surface area (Å²) in [6, 6.07) is 17.2. The Hall–Kier alpha value is -2.24. The Morgan fingerprint density at radius 2 is 1.63 bits per heavy atom. The first-order valence-electron chi connectivity index (χ1n) is 6.24. The molecule has 0 saturated carbocycles. The highest BCUT2D eigenvalue weighted by molar-refractivity contribution is 5.39. The van der Waals surface area contributed by atoms with Crippen molar-refractivity contribution in [2.24, 2.45) is 0 Å². The van der Waals surface area contributed by atoms with Gasteiger partial charge in [0.2, 0.25) is 0 Å². The number of hydrogen-bond acceptors (Lipinski definition) is 2. The summed E-state index contributed by atoms with van der Waals surface area (Å²) in [5.41, 5.74) is 0.918. The van der Waals surface area contributed by atoms with E-state index in [9.17, 15) is 0 Å². The smallest absolute Gasteiger partial charge is 0.127 e. The zero-order valence-electron chi connectivity index (χ0n) is 10.8. The maximum atomic E-state index is 9.12. The molecular formula is C17H16O2. The molecule has 96 valence electrons. The number of hydrogen-bond donors (Lipinski definition) is 1. The van der Waals surface area contributed by atoms with Gasteiger partial charge >= 0.3 is 0 Å². The molecule has 1 atom stereocenters. The predicted molar refractivity (Wildman–Crippen MR) is 76.1 cm³/mol. The van der Waals surface area contributed by atoms with Crippen LogP contribution in [0.4, 0.5) is 0 Å². The van der Waals surface area contributed by atoms with Crippen LogP contribution in [0.15, 0.2) is 54.6 Å². The summed E-state index contributed by atoms with van der Waals surface area (Å²) in [6.07, 6.45) is 0.107. The molecule has 2 aromatic carbocycles. The second-order valence-electron chi connectivity index (χ2n) is 4.29. The van der Waals surface area contributed by atoms with Gasteiger partial charge in [0.05, 0.1) is 6.10 Å². The Labute approximate surface area is 113 Å². The van der Waals surface area contributed by atoms with E-state index in [1.807, 2.05) is 54.6 Å². The zero-order chi connectivity index (χ0) is 13.5. The SMILES string of the molecule is CC(O)CC#Cc1ccc(Oc2ccccc2)cc1. The molecule has 2 heteroatoms. The summed E-state index contributed by atoms with van der Waals surface area (Å²) in [5.74, 6) is 7.53. The van der Waals surface area contributed by atoms with Crippen molar-refractivity contribution in [3.8, 4) is 23.3 Å². The van der Waals surface area contributed by atoms with Gasteiger partial charge in [0.25, 0.3) is 0 Å². The van der Waals surface area contributed by atoms with Crippen molar-refractivity contribution in [3.63, 3.8) is 0 Å². The number of para-hydroxylation sites is 1. The molecule has 0 heterocycles. The molecule has 0 aliphatic heterocycles. The molecule has 1 unspecified atom stereocenters. The lowest BCUT2D eigenvalue weighted by Crippen LogP contribution is -1.95. The second-order valence-corrected chi connectivity index (χ2v) is 4.29. The van der Waals surface area contributed by atoms with Crippen LogP contribution in [0.25, 0.3) is 0 Å². The van der Waals surface area contributed by atoms with Gasteiger partial charge in [0.15, 0.2) is 0 Å². The number of aliphatic hydroxyl groups is 1. The fourth-order valence-electron chi connectivity index (χ4n) is 1.53. The van der Waals surface area contributed by atoms with E-state index in [0.717, 1.165) is 17.1 Å². The third-order valence-corrected chi connectivity index (χ3v) is 2.46. The first-order chi connectivity index (χ1) is 9.24. The van der Waals surface area contributed by atoms with E-state index in [0.29, 0.717) is 6.42 Å². The van der Waals surface area contributed by atoms with Crippen molar-refractivity contribution in [1.82, 2.24) is 0 Å². The van der Waals surface area contributed by atoms with E-state index in [2.05, 4.69) is 11.8 Å². The lowest BCUT2D eigenvalue weighted by Gasteiger charge is -2.04. The lowest BCUT2D eigenvalue weighted by atomic mass is 10.2. The van der Waals surface area contributed by atoms with Crippen molar-refractivity contribution in [1.29, 1.82) is 0 Å². The van der Waals surface area contributed by atoms with E-state index >= 15 is 0 Å². The highest BCUT2D eigenvalue weighted by atomic mass is 16.5. The van der Waals surface area contributed by atoms with Crippen molar-refractivity contribution in [2.75, 3.05) is 0 Å². The van der Waals surface area contributed by atoms with Crippen molar-refractivity contribution < 1.29 is 9.84 Å². The molecule has 0 aliphatic carbocycles. The van der Waals surface area contributed by atoms with Crippen LogP contribution in [-0.4, -0.2) is 11.2 Å². The van der Waals surface area contributed by atoms with Crippen LogP contribution in [0.1, 0.15) is 18.9 Å². The quantitative estimate of drug-likeness (QED) is 0.846. The van der Waals surface area contributed by atoms with Crippen LogP contribution >= 0.6 is 0 Å². The van der Waals surface area contributed by atoms with Gasteiger partial charge in [-0.15, -0.1) is 0 Å². The monoisotopic (exact) mass is 252 g/mol. The first kappa shape index (κ1) is 13.2. The van der Waals surface area contributed by atoms with Crippen LogP contribution < -0.4 is 4.74 Å². The molecule has 0 fully saturated rings. The van der Waals surface area contributed by atoms with Gasteiger partial charge in [-0.3, -0.25) is 0 Å². The normalized spacial score (nSPS) is 11.3. The lowest BCUT2D eigenvalue weighted by molar-refractivity contribution is 0.201.